The summed E-state index contributed by atoms with van der Waals surface area (Å²) in [6, 6.07) is 12.0. The normalized spacial score (nSPS) is 10.7. The van der Waals surface area contributed by atoms with E-state index in [-0.39, 0.29) is 22.9 Å². The van der Waals surface area contributed by atoms with E-state index in [1.165, 1.54) is 23.9 Å². The molecule has 2 aromatic carbocycles. The van der Waals surface area contributed by atoms with Crippen molar-refractivity contribution in [2.45, 2.75) is 12.1 Å². The lowest BCUT2D eigenvalue weighted by atomic mass is 10.2. The summed E-state index contributed by atoms with van der Waals surface area (Å²) in [6.07, 6.45) is 0. The number of nitrogens with zero attached hydrogens (tertiary/aromatic N) is 1. The lowest BCUT2D eigenvalue weighted by molar-refractivity contribution is -0.254. The van der Waals surface area contributed by atoms with Gasteiger partial charge in [-0.15, -0.1) is 0 Å². The number of thioether (sulfide) groups is 1. The van der Waals surface area contributed by atoms with Crippen LogP contribution in [0.1, 0.15) is 15.9 Å². The first-order valence-corrected chi connectivity index (χ1v) is 8.21. The molecule has 0 fully saturated rings. The smallest absolute Gasteiger partial charge is 0.234 e. The van der Waals surface area contributed by atoms with E-state index in [4.69, 9.17) is 0 Å². The molecule has 7 heteroatoms. The van der Waals surface area contributed by atoms with Crippen LogP contribution in [-0.2, 0) is 4.79 Å². The molecule has 0 radical (unpaired) electrons. The van der Waals surface area contributed by atoms with Gasteiger partial charge in [0.25, 0.3) is 0 Å². The number of anilines is 1. The van der Waals surface area contributed by atoms with Crippen LogP contribution in [0.5, 0.6) is 0 Å². The summed E-state index contributed by atoms with van der Waals surface area (Å²) < 4.78 is 0. The summed E-state index contributed by atoms with van der Waals surface area (Å²) in [7, 11) is 0. The average Bonchev–Trinajstić information content (AvgIpc) is 2.95. The van der Waals surface area contributed by atoms with Crippen LogP contribution in [0, 0.1) is 6.92 Å². The maximum Gasteiger partial charge on any atom is 0.234 e. The number of aryl methyl sites for hydroxylation is 1. The zero-order valence-electron chi connectivity index (χ0n) is 12.8. The number of fused-ring (bicyclic) bond motifs is 1. The van der Waals surface area contributed by atoms with Crippen LogP contribution in [0.4, 0.5) is 5.69 Å². The molecule has 0 spiro atoms. The minimum atomic E-state index is -1.33. The first kappa shape index (κ1) is 16.1. The highest BCUT2D eigenvalue weighted by Gasteiger charge is 2.10. The molecule has 0 bridgehead atoms. The summed E-state index contributed by atoms with van der Waals surface area (Å²) in [5.74, 6) is -1.53. The number of aromatic carboxylic acids is 1. The number of aromatic amines is 1. The number of carboxylic acids is 1. The van der Waals surface area contributed by atoms with E-state index in [0.29, 0.717) is 5.16 Å². The minimum Gasteiger partial charge on any atom is -0.545 e. The molecular weight excluding hydrogens is 326 g/mol. The first-order chi connectivity index (χ1) is 11.5. The van der Waals surface area contributed by atoms with Crippen LogP contribution in [0.15, 0.2) is 47.6 Å². The number of carbonyl (C=O) groups excluding carboxylic acids is 2. The van der Waals surface area contributed by atoms with Crippen molar-refractivity contribution in [3.8, 4) is 0 Å². The molecule has 24 heavy (non-hydrogen) atoms. The Bertz CT molecular complexity index is 920. The number of hydrogen-bond acceptors (Lipinski definition) is 5. The number of carbonyl (C=O) groups is 2. The van der Waals surface area contributed by atoms with E-state index in [9.17, 15) is 14.7 Å². The number of nitrogens with one attached hydrogen (secondary N) is 2. The maximum absolute atomic E-state index is 12.0. The number of aromatic nitrogens is 2. The molecule has 0 saturated heterocycles. The Hall–Kier alpha value is -2.80. The number of para-hydroxylation sites is 1. The molecule has 1 amide bonds. The zero-order valence-corrected chi connectivity index (χ0v) is 13.6. The van der Waals surface area contributed by atoms with E-state index in [0.717, 1.165) is 16.6 Å². The van der Waals surface area contributed by atoms with Crippen molar-refractivity contribution in [1.29, 1.82) is 0 Å². The molecule has 0 aliphatic carbocycles. The van der Waals surface area contributed by atoms with Crippen molar-refractivity contribution in [2.24, 2.45) is 0 Å². The molecule has 0 unspecified atom stereocenters. The van der Waals surface area contributed by atoms with Gasteiger partial charge in [-0.1, -0.05) is 36.0 Å². The second-order valence-electron chi connectivity index (χ2n) is 5.23. The van der Waals surface area contributed by atoms with Gasteiger partial charge in [0.2, 0.25) is 5.91 Å². The summed E-state index contributed by atoms with van der Waals surface area (Å²) in [5, 5.41) is 14.2. The Balaban J connectivity index is 1.66. The Morgan fingerprint density at radius 3 is 2.83 bits per heavy atom. The number of amides is 1. The van der Waals surface area contributed by atoms with Gasteiger partial charge in [0, 0.05) is 11.3 Å². The highest BCUT2D eigenvalue weighted by Crippen LogP contribution is 2.21. The Labute approximate surface area is 142 Å². The fourth-order valence-corrected chi connectivity index (χ4v) is 2.94. The molecule has 0 atom stereocenters. The van der Waals surface area contributed by atoms with E-state index < -0.39 is 5.97 Å². The third-order valence-electron chi connectivity index (χ3n) is 3.38. The lowest BCUT2D eigenvalue weighted by Crippen LogP contribution is -2.25. The van der Waals surface area contributed by atoms with Crippen LogP contribution >= 0.6 is 11.8 Å². The van der Waals surface area contributed by atoms with Gasteiger partial charge in [0.05, 0.1) is 22.8 Å². The summed E-state index contributed by atoms with van der Waals surface area (Å²) >= 11 is 1.25. The third-order valence-corrected chi connectivity index (χ3v) is 4.25. The Kier molecular flexibility index (Phi) is 4.52. The lowest BCUT2D eigenvalue weighted by Gasteiger charge is -2.11. The number of carboxylic acid groups (broad SMARTS) is 1. The zero-order chi connectivity index (χ0) is 17.1. The molecule has 1 aromatic heterocycles. The Morgan fingerprint density at radius 1 is 1.25 bits per heavy atom. The quantitative estimate of drug-likeness (QED) is 0.692. The van der Waals surface area contributed by atoms with E-state index in [2.05, 4.69) is 15.3 Å². The molecule has 0 aliphatic rings. The minimum absolute atomic E-state index is 0.0462. The number of rotatable bonds is 5. The Morgan fingerprint density at radius 2 is 2.04 bits per heavy atom. The van der Waals surface area contributed by atoms with Gasteiger partial charge in [-0.05, 0) is 30.7 Å². The number of benzene rings is 2. The number of H-pyrrole nitrogens is 1. The fourth-order valence-electron chi connectivity index (χ4n) is 2.26. The molecular formula is C17H14N3O3S-. The second-order valence-corrected chi connectivity index (χ2v) is 6.20. The van der Waals surface area contributed by atoms with Gasteiger partial charge < -0.3 is 20.2 Å². The highest BCUT2D eigenvalue weighted by atomic mass is 32.2. The predicted molar refractivity (Wildman–Crippen MR) is 91.0 cm³/mol. The van der Waals surface area contributed by atoms with Gasteiger partial charge in [-0.2, -0.15) is 0 Å². The van der Waals surface area contributed by atoms with Crippen LogP contribution in [0.25, 0.3) is 11.0 Å². The van der Waals surface area contributed by atoms with Crippen LogP contribution in [0.2, 0.25) is 0 Å². The number of hydrogen-bond donors (Lipinski definition) is 2. The molecule has 6 nitrogen and oxygen atoms in total. The third kappa shape index (κ3) is 3.57. The van der Waals surface area contributed by atoms with Crippen LogP contribution in [-0.4, -0.2) is 27.6 Å². The number of imidazole rings is 1. The molecule has 122 valence electrons. The van der Waals surface area contributed by atoms with Crippen molar-refractivity contribution in [3.05, 3.63) is 53.6 Å². The highest BCUT2D eigenvalue weighted by molar-refractivity contribution is 7.99. The monoisotopic (exact) mass is 340 g/mol. The largest absolute Gasteiger partial charge is 0.545 e. The van der Waals surface area contributed by atoms with E-state index >= 15 is 0 Å². The van der Waals surface area contributed by atoms with E-state index in [1.54, 1.807) is 12.1 Å². The summed E-state index contributed by atoms with van der Waals surface area (Å²) in [6.45, 7) is 2.00. The topological polar surface area (TPSA) is 97.9 Å². The average molecular weight is 340 g/mol. The van der Waals surface area contributed by atoms with Crippen molar-refractivity contribution in [2.75, 3.05) is 11.1 Å². The van der Waals surface area contributed by atoms with Gasteiger partial charge in [0.1, 0.15) is 0 Å². The molecule has 0 aliphatic heterocycles. The maximum atomic E-state index is 12.0. The molecule has 3 rings (SSSR count). The van der Waals surface area contributed by atoms with Crippen molar-refractivity contribution < 1.29 is 14.7 Å². The van der Waals surface area contributed by atoms with Gasteiger partial charge >= 0.3 is 0 Å². The molecule has 3 aromatic rings. The molecule has 2 N–H and O–H groups in total. The molecule has 1 heterocycles. The van der Waals surface area contributed by atoms with Crippen molar-refractivity contribution in [3.63, 3.8) is 0 Å². The van der Waals surface area contributed by atoms with Crippen molar-refractivity contribution in [1.82, 2.24) is 9.97 Å². The van der Waals surface area contributed by atoms with E-state index in [1.807, 2.05) is 25.1 Å². The van der Waals surface area contributed by atoms with Gasteiger partial charge in [0.15, 0.2) is 5.16 Å². The van der Waals surface area contributed by atoms with Crippen LogP contribution < -0.4 is 10.4 Å². The second kappa shape index (κ2) is 6.76. The standard InChI is InChI=1S/C17H15N3O3S/c1-10-6-7-13-14(8-10)20-17(19-13)24-9-15(21)18-12-5-3-2-4-11(12)16(22)23/h2-8H,9H2,1H3,(H,18,21)(H,19,20)(H,22,23)/p-1. The SMILES string of the molecule is Cc1ccc2nc(SCC(=O)Nc3ccccc3C(=O)[O-])[nH]c2c1. The van der Waals surface area contributed by atoms with Gasteiger partial charge in [-0.25, -0.2) is 4.98 Å². The van der Waals surface area contributed by atoms with Gasteiger partial charge in [-0.3, -0.25) is 4.79 Å². The molecule has 0 saturated carbocycles. The summed E-state index contributed by atoms with van der Waals surface area (Å²) in [5.41, 5.74) is 3.06. The fraction of sp³-hybridized carbons (Fsp3) is 0.118. The predicted octanol–water partition coefficient (Wildman–Crippen LogP) is 1.97. The van der Waals surface area contributed by atoms with Crippen molar-refractivity contribution >= 4 is 40.4 Å². The summed E-state index contributed by atoms with van der Waals surface area (Å²) in [4.78, 5) is 30.6. The first-order valence-electron chi connectivity index (χ1n) is 7.22. The van der Waals surface area contributed by atoms with Crippen LogP contribution in [0.3, 0.4) is 0 Å².